The second-order valence-corrected chi connectivity index (χ2v) is 7.20. The number of halogens is 1. The molecule has 1 N–H and O–H groups in total. The van der Waals surface area contributed by atoms with Crippen molar-refractivity contribution in [1.29, 1.82) is 0 Å². The van der Waals surface area contributed by atoms with Gasteiger partial charge in [-0.05, 0) is 43.7 Å². The van der Waals surface area contributed by atoms with Crippen molar-refractivity contribution in [2.75, 3.05) is 5.32 Å². The van der Waals surface area contributed by atoms with Crippen LogP contribution in [0.2, 0.25) is 5.02 Å². The van der Waals surface area contributed by atoms with E-state index in [-0.39, 0.29) is 11.2 Å². The zero-order valence-electron chi connectivity index (χ0n) is 13.3. The molecular weight excluding hydrogens is 342 g/mol. The van der Waals surface area contributed by atoms with Gasteiger partial charge >= 0.3 is 0 Å². The van der Waals surface area contributed by atoms with E-state index in [0.717, 1.165) is 21.5 Å². The highest BCUT2D eigenvalue weighted by Gasteiger charge is 2.16. The number of carbonyl (C=O) groups is 1. The topological polar surface area (TPSA) is 54.9 Å². The monoisotopic (exact) mass is 357 g/mol. The second-order valence-electron chi connectivity index (χ2n) is 5.41. The maximum Gasteiger partial charge on any atom is 0.238 e. The number of aryl methyl sites for hydroxylation is 1. The lowest BCUT2D eigenvalue weighted by Crippen LogP contribution is -2.23. The first-order valence-electron chi connectivity index (χ1n) is 7.48. The van der Waals surface area contributed by atoms with Crippen molar-refractivity contribution in [2.24, 2.45) is 0 Å². The summed E-state index contributed by atoms with van der Waals surface area (Å²) >= 11 is 7.22. The molecule has 0 radical (unpaired) electrons. The van der Waals surface area contributed by atoms with Crippen LogP contribution in [0.5, 0.6) is 0 Å². The molecule has 0 bridgehead atoms. The summed E-state index contributed by atoms with van der Waals surface area (Å²) in [5, 5.41) is 4.98. The van der Waals surface area contributed by atoms with E-state index in [2.05, 4.69) is 28.3 Å². The van der Waals surface area contributed by atoms with Crippen LogP contribution in [0.3, 0.4) is 0 Å². The highest BCUT2D eigenvalue weighted by atomic mass is 35.5. The summed E-state index contributed by atoms with van der Waals surface area (Å²) in [7, 11) is 0. The van der Waals surface area contributed by atoms with Gasteiger partial charge in [0, 0.05) is 11.6 Å². The van der Waals surface area contributed by atoms with Crippen LogP contribution in [0.25, 0.3) is 10.9 Å². The molecule has 2 aromatic heterocycles. The molecule has 4 nitrogen and oxygen atoms in total. The van der Waals surface area contributed by atoms with Gasteiger partial charge in [-0.3, -0.25) is 4.79 Å². The average Bonchev–Trinajstić information content (AvgIpc) is 2.57. The van der Waals surface area contributed by atoms with E-state index >= 15 is 0 Å². The molecule has 1 aromatic carbocycles. The summed E-state index contributed by atoms with van der Waals surface area (Å²) in [5.41, 5.74) is 2.09. The molecule has 0 spiro atoms. The Morgan fingerprint density at radius 3 is 2.79 bits per heavy atom. The number of anilines is 1. The van der Waals surface area contributed by atoms with E-state index in [4.69, 9.17) is 11.6 Å². The van der Waals surface area contributed by atoms with Gasteiger partial charge < -0.3 is 5.32 Å². The molecule has 2 heterocycles. The molecule has 0 saturated heterocycles. The number of thioether (sulfide) groups is 1. The van der Waals surface area contributed by atoms with Gasteiger partial charge in [-0.2, -0.15) is 0 Å². The van der Waals surface area contributed by atoms with Crippen molar-refractivity contribution in [1.82, 2.24) is 9.97 Å². The molecule has 0 aliphatic rings. The predicted octanol–water partition coefficient (Wildman–Crippen LogP) is 4.71. The SMILES string of the molecule is Cc1cc(SC(C)C(=O)Nc2ccc(Cl)cn2)nc2ccccc12. The minimum absolute atomic E-state index is 0.123. The lowest BCUT2D eigenvalue weighted by Gasteiger charge is -2.12. The van der Waals surface area contributed by atoms with Gasteiger partial charge in [-0.15, -0.1) is 0 Å². The fraction of sp³-hybridized carbons (Fsp3) is 0.167. The Labute approximate surface area is 149 Å². The molecule has 24 heavy (non-hydrogen) atoms. The lowest BCUT2D eigenvalue weighted by molar-refractivity contribution is -0.115. The van der Waals surface area contributed by atoms with Crippen LogP contribution in [0, 0.1) is 6.92 Å². The molecule has 0 aliphatic carbocycles. The highest BCUT2D eigenvalue weighted by Crippen LogP contribution is 2.27. The van der Waals surface area contributed by atoms with Gasteiger partial charge in [0.25, 0.3) is 0 Å². The number of rotatable bonds is 4. The lowest BCUT2D eigenvalue weighted by atomic mass is 10.1. The third kappa shape index (κ3) is 3.86. The number of fused-ring (bicyclic) bond motifs is 1. The van der Waals surface area contributed by atoms with E-state index in [0.29, 0.717) is 10.8 Å². The molecule has 1 unspecified atom stereocenters. The second kappa shape index (κ2) is 7.20. The number of hydrogen-bond acceptors (Lipinski definition) is 4. The minimum Gasteiger partial charge on any atom is -0.310 e. The van der Waals surface area contributed by atoms with E-state index in [1.54, 1.807) is 12.1 Å². The van der Waals surface area contributed by atoms with Crippen molar-refractivity contribution in [2.45, 2.75) is 24.1 Å². The third-order valence-corrected chi connectivity index (χ3v) is 4.79. The number of nitrogens with zero attached hydrogens (tertiary/aromatic N) is 2. The molecule has 6 heteroatoms. The average molecular weight is 358 g/mol. The number of aromatic nitrogens is 2. The van der Waals surface area contributed by atoms with E-state index in [9.17, 15) is 4.79 Å². The summed E-state index contributed by atoms with van der Waals surface area (Å²) in [6.07, 6.45) is 1.50. The van der Waals surface area contributed by atoms with Crippen LogP contribution >= 0.6 is 23.4 Å². The van der Waals surface area contributed by atoms with Gasteiger partial charge in [-0.1, -0.05) is 41.6 Å². The molecule has 1 atom stereocenters. The van der Waals surface area contributed by atoms with E-state index < -0.39 is 0 Å². The van der Waals surface area contributed by atoms with Crippen molar-refractivity contribution < 1.29 is 4.79 Å². The standard InChI is InChI=1S/C18H16ClN3OS/c1-11-9-17(21-15-6-4-3-5-14(11)15)24-12(2)18(23)22-16-8-7-13(19)10-20-16/h3-10,12H,1-2H3,(H,20,22,23). The Balaban J connectivity index is 1.73. The zero-order chi connectivity index (χ0) is 17.1. The smallest absolute Gasteiger partial charge is 0.238 e. The van der Waals surface area contributed by atoms with Crippen LogP contribution in [-0.4, -0.2) is 21.1 Å². The number of amides is 1. The predicted molar refractivity (Wildman–Crippen MR) is 99.7 cm³/mol. The van der Waals surface area contributed by atoms with Crippen LogP contribution in [-0.2, 0) is 4.79 Å². The molecule has 3 aromatic rings. The largest absolute Gasteiger partial charge is 0.310 e. The van der Waals surface area contributed by atoms with Crippen molar-refractivity contribution >= 4 is 46.0 Å². The van der Waals surface area contributed by atoms with Gasteiger partial charge in [0.1, 0.15) is 5.82 Å². The Morgan fingerprint density at radius 2 is 2.04 bits per heavy atom. The van der Waals surface area contributed by atoms with Crippen LogP contribution in [0.15, 0.2) is 53.7 Å². The van der Waals surface area contributed by atoms with Crippen LogP contribution in [0.4, 0.5) is 5.82 Å². The molecule has 3 rings (SSSR count). The van der Waals surface area contributed by atoms with E-state index in [1.165, 1.54) is 18.0 Å². The van der Waals surface area contributed by atoms with Gasteiger partial charge in [0.05, 0.1) is 20.8 Å². The fourth-order valence-corrected chi connectivity index (χ4v) is 3.33. The quantitative estimate of drug-likeness (QED) is 0.687. The molecule has 122 valence electrons. The van der Waals surface area contributed by atoms with E-state index in [1.807, 2.05) is 31.2 Å². The normalized spacial score (nSPS) is 12.1. The molecule has 0 fully saturated rings. The number of benzene rings is 1. The van der Waals surface area contributed by atoms with Crippen LogP contribution in [0.1, 0.15) is 12.5 Å². The summed E-state index contributed by atoms with van der Waals surface area (Å²) in [6.45, 7) is 3.90. The summed E-state index contributed by atoms with van der Waals surface area (Å²) < 4.78 is 0. The number of pyridine rings is 2. The number of carbonyl (C=O) groups excluding carboxylic acids is 1. The summed E-state index contributed by atoms with van der Waals surface area (Å²) in [4.78, 5) is 21.0. The summed E-state index contributed by atoms with van der Waals surface area (Å²) in [6, 6.07) is 13.4. The molecule has 0 aliphatic heterocycles. The Kier molecular flexibility index (Phi) is 5.02. The summed E-state index contributed by atoms with van der Waals surface area (Å²) in [5.74, 6) is 0.363. The Hall–Kier alpha value is -2.11. The van der Waals surface area contributed by atoms with Crippen molar-refractivity contribution in [3.8, 4) is 0 Å². The molecular formula is C18H16ClN3OS. The maximum absolute atomic E-state index is 12.3. The van der Waals surface area contributed by atoms with Gasteiger partial charge in [-0.25, -0.2) is 9.97 Å². The van der Waals surface area contributed by atoms with Crippen molar-refractivity contribution in [3.63, 3.8) is 0 Å². The Bertz CT molecular complexity index is 883. The zero-order valence-corrected chi connectivity index (χ0v) is 14.9. The highest BCUT2D eigenvalue weighted by molar-refractivity contribution is 8.00. The first kappa shape index (κ1) is 16.7. The van der Waals surface area contributed by atoms with Gasteiger partial charge in [0.15, 0.2) is 0 Å². The number of hydrogen-bond donors (Lipinski definition) is 1. The fourth-order valence-electron chi connectivity index (χ4n) is 2.29. The Morgan fingerprint density at radius 1 is 1.25 bits per heavy atom. The first-order chi connectivity index (χ1) is 11.5. The van der Waals surface area contributed by atoms with Crippen molar-refractivity contribution in [3.05, 3.63) is 59.2 Å². The first-order valence-corrected chi connectivity index (χ1v) is 8.74. The molecule has 0 saturated carbocycles. The van der Waals surface area contributed by atoms with Crippen LogP contribution < -0.4 is 5.32 Å². The minimum atomic E-state index is -0.296. The third-order valence-electron chi connectivity index (χ3n) is 3.54. The molecule has 1 amide bonds. The number of nitrogens with one attached hydrogen (secondary N) is 1. The maximum atomic E-state index is 12.3. The van der Waals surface area contributed by atoms with Gasteiger partial charge in [0.2, 0.25) is 5.91 Å². The number of para-hydroxylation sites is 1.